The van der Waals surface area contributed by atoms with Gasteiger partial charge in [-0.3, -0.25) is 0 Å². The fourth-order valence-corrected chi connectivity index (χ4v) is 2.36. The van der Waals surface area contributed by atoms with Crippen LogP contribution in [0.2, 0.25) is 0 Å². The second kappa shape index (κ2) is 4.14. The lowest BCUT2D eigenvalue weighted by Gasteiger charge is -1.99. The van der Waals surface area contributed by atoms with Crippen LogP contribution in [0.4, 0.5) is 0 Å². The highest BCUT2D eigenvalue weighted by Gasteiger charge is 2.09. The Hall–Kier alpha value is -1.16. The van der Waals surface area contributed by atoms with Crippen LogP contribution >= 0.6 is 11.3 Å². The highest BCUT2D eigenvalue weighted by Crippen LogP contribution is 2.22. The van der Waals surface area contributed by atoms with Crippen molar-refractivity contribution >= 4 is 11.3 Å². The first kappa shape index (κ1) is 10.4. The lowest BCUT2D eigenvalue weighted by atomic mass is 10.1. The zero-order chi connectivity index (χ0) is 10.8. The van der Waals surface area contributed by atoms with E-state index in [1.54, 1.807) is 17.5 Å². The van der Waals surface area contributed by atoms with E-state index < -0.39 is 0 Å². The molecule has 0 atom stereocenters. The third-order valence-electron chi connectivity index (χ3n) is 2.18. The maximum atomic E-state index is 4.59. The summed E-state index contributed by atoms with van der Waals surface area (Å²) in [5, 5.41) is 3.14. The maximum absolute atomic E-state index is 4.59. The zero-order valence-corrected chi connectivity index (χ0v) is 10.1. The third kappa shape index (κ3) is 2.26. The van der Waals surface area contributed by atoms with Gasteiger partial charge in [0.15, 0.2) is 10.8 Å². The second-order valence-corrected chi connectivity index (χ2v) is 4.96. The molecule has 0 fully saturated rings. The van der Waals surface area contributed by atoms with Crippen molar-refractivity contribution < 1.29 is 0 Å². The average molecular weight is 221 g/mol. The number of rotatable bonds is 3. The summed E-state index contributed by atoms with van der Waals surface area (Å²) in [5.41, 5.74) is 1.17. The van der Waals surface area contributed by atoms with Gasteiger partial charge in [-0.05, 0) is 12.3 Å². The molecule has 0 bridgehead atoms. The third-order valence-corrected chi connectivity index (χ3v) is 3.07. The number of hydrogen-bond donors (Lipinski definition) is 0. The molecule has 0 aliphatic rings. The van der Waals surface area contributed by atoms with E-state index in [2.05, 4.69) is 29.2 Å². The normalized spacial score (nSPS) is 11.2. The Morgan fingerprint density at radius 1 is 1.47 bits per heavy atom. The van der Waals surface area contributed by atoms with E-state index in [1.165, 1.54) is 5.69 Å². The van der Waals surface area contributed by atoms with Gasteiger partial charge in [0, 0.05) is 24.8 Å². The number of aryl methyl sites for hydroxylation is 1. The molecule has 0 amide bonds. The minimum Gasteiger partial charge on any atom is -0.332 e. The Bertz CT molecular complexity index is 442. The van der Waals surface area contributed by atoms with Crippen molar-refractivity contribution in [3.8, 4) is 10.8 Å². The van der Waals surface area contributed by atoms with Crippen molar-refractivity contribution in [1.82, 2.24) is 14.5 Å². The molecular formula is C11H15N3S. The van der Waals surface area contributed by atoms with Gasteiger partial charge in [0.1, 0.15) is 0 Å². The molecule has 15 heavy (non-hydrogen) atoms. The number of thiazole rings is 1. The molecule has 0 saturated heterocycles. The van der Waals surface area contributed by atoms with E-state index in [0.29, 0.717) is 5.92 Å². The highest BCUT2D eigenvalue weighted by atomic mass is 32.1. The van der Waals surface area contributed by atoms with Crippen LogP contribution in [0.3, 0.4) is 0 Å². The van der Waals surface area contributed by atoms with Gasteiger partial charge in [-0.25, -0.2) is 9.97 Å². The van der Waals surface area contributed by atoms with E-state index in [0.717, 1.165) is 17.3 Å². The molecule has 0 unspecified atom stereocenters. The summed E-state index contributed by atoms with van der Waals surface area (Å²) in [7, 11) is 1.99. The van der Waals surface area contributed by atoms with E-state index in [9.17, 15) is 0 Å². The topological polar surface area (TPSA) is 30.7 Å². The van der Waals surface area contributed by atoms with Gasteiger partial charge in [-0.1, -0.05) is 13.8 Å². The molecular weight excluding hydrogens is 206 g/mol. The van der Waals surface area contributed by atoms with Crippen LogP contribution in [-0.2, 0) is 13.5 Å². The van der Waals surface area contributed by atoms with Crippen LogP contribution in [0.5, 0.6) is 0 Å². The summed E-state index contributed by atoms with van der Waals surface area (Å²) in [6.45, 7) is 4.42. The number of aromatic nitrogens is 3. The summed E-state index contributed by atoms with van der Waals surface area (Å²) < 4.78 is 2.00. The molecule has 80 valence electrons. The molecule has 3 nitrogen and oxygen atoms in total. The number of imidazole rings is 1. The van der Waals surface area contributed by atoms with Gasteiger partial charge < -0.3 is 4.57 Å². The Morgan fingerprint density at radius 2 is 2.27 bits per heavy atom. The molecule has 0 spiro atoms. The Labute approximate surface area is 93.8 Å². The molecule has 4 heteroatoms. The molecule has 2 heterocycles. The molecule has 2 rings (SSSR count). The molecule has 0 aliphatic carbocycles. The van der Waals surface area contributed by atoms with Gasteiger partial charge in [0.25, 0.3) is 0 Å². The number of nitrogens with zero attached hydrogens (tertiary/aromatic N) is 3. The summed E-state index contributed by atoms with van der Waals surface area (Å²) >= 11 is 1.67. The average Bonchev–Trinajstić information content (AvgIpc) is 2.72. The van der Waals surface area contributed by atoms with Crippen LogP contribution in [0, 0.1) is 5.92 Å². The SMILES string of the molecule is CC(C)Cc1csc(-c2nccn2C)n1. The molecule has 2 aromatic heterocycles. The van der Waals surface area contributed by atoms with Crippen LogP contribution in [0.1, 0.15) is 19.5 Å². The van der Waals surface area contributed by atoms with Crippen molar-refractivity contribution in [3.05, 3.63) is 23.5 Å². The van der Waals surface area contributed by atoms with Gasteiger partial charge in [-0.2, -0.15) is 0 Å². The van der Waals surface area contributed by atoms with Crippen molar-refractivity contribution in [2.24, 2.45) is 13.0 Å². The zero-order valence-electron chi connectivity index (χ0n) is 9.27. The van der Waals surface area contributed by atoms with Gasteiger partial charge in [0.05, 0.1) is 5.69 Å². The minimum absolute atomic E-state index is 0.654. The summed E-state index contributed by atoms with van der Waals surface area (Å²) in [6, 6.07) is 0. The minimum atomic E-state index is 0.654. The largest absolute Gasteiger partial charge is 0.332 e. The Kier molecular flexibility index (Phi) is 2.86. The Morgan fingerprint density at radius 3 is 2.87 bits per heavy atom. The highest BCUT2D eigenvalue weighted by molar-refractivity contribution is 7.13. The lowest BCUT2D eigenvalue weighted by Crippen LogP contribution is -1.95. The maximum Gasteiger partial charge on any atom is 0.168 e. The van der Waals surface area contributed by atoms with Gasteiger partial charge in [0.2, 0.25) is 0 Å². The summed E-state index contributed by atoms with van der Waals surface area (Å²) in [6.07, 6.45) is 4.79. The molecule has 0 N–H and O–H groups in total. The number of hydrogen-bond acceptors (Lipinski definition) is 3. The van der Waals surface area contributed by atoms with Crippen molar-refractivity contribution in [1.29, 1.82) is 0 Å². The standard InChI is InChI=1S/C11H15N3S/c1-8(2)6-9-7-15-11(13-9)10-12-4-5-14(10)3/h4-5,7-8H,6H2,1-3H3. The van der Waals surface area contributed by atoms with Gasteiger partial charge >= 0.3 is 0 Å². The molecule has 0 radical (unpaired) electrons. The monoisotopic (exact) mass is 221 g/mol. The van der Waals surface area contributed by atoms with Crippen LogP contribution in [0.15, 0.2) is 17.8 Å². The van der Waals surface area contributed by atoms with E-state index >= 15 is 0 Å². The quantitative estimate of drug-likeness (QED) is 0.798. The first-order chi connectivity index (χ1) is 7.16. The van der Waals surface area contributed by atoms with E-state index in [-0.39, 0.29) is 0 Å². The van der Waals surface area contributed by atoms with Crippen LogP contribution < -0.4 is 0 Å². The van der Waals surface area contributed by atoms with Crippen LogP contribution in [0.25, 0.3) is 10.8 Å². The first-order valence-electron chi connectivity index (χ1n) is 5.09. The van der Waals surface area contributed by atoms with Crippen molar-refractivity contribution in [2.75, 3.05) is 0 Å². The summed E-state index contributed by atoms with van der Waals surface area (Å²) in [4.78, 5) is 8.88. The van der Waals surface area contributed by atoms with E-state index in [4.69, 9.17) is 0 Å². The van der Waals surface area contributed by atoms with E-state index in [1.807, 2.05) is 17.8 Å². The van der Waals surface area contributed by atoms with Gasteiger partial charge in [-0.15, -0.1) is 11.3 Å². The lowest BCUT2D eigenvalue weighted by molar-refractivity contribution is 0.638. The first-order valence-corrected chi connectivity index (χ1v) is 5.97. The van der Waals surface area contributed by atoms with Crippen molar-refractivity contribution in [3.63, 3.8) is 0 Å². The summed E-state index contributed by atoms with van der Waals surface area (Å²) in [5.74, 6) is 1.61. The molecule has 0 aromatic carbocycles. The molecule has 2 aromatic rings. The van der Waals surface area contributed by atoms with Crippen LogP contribution in [-0.4, -0.2) is 14.5 Å². The predicted molar refractivity (Wildman–Crippen MR) is 62.9 cm³/mol. The second-order valence-electron chi connectivity index (χ2n) is 4.10. The Balaban J connectivity index is 2.24. The fraction of sp³-hybridized carbons (Fsp3) is 0.455. The predicted octanol–water partition coefficient (Wildman–Crippen LogP) is 2.74. The fourth-order valence-electron chi connectivity index (χ4n) is 1.49. The smallest absolute Gasteiger partial charge is 0.168 e. The van der Waals surface area contributed by atoms with Crippen molar-refractivity contribution in [2.45, 2.75) is 20.3 Å². The molecule has 0 saturated carbocycles. The molecule has 0 aliphatic heterocycles.